The predicted molar refractivity (Wildman–Crippen MR) is 121 cm³/mol. The van der Waals surface area contributed by atoms with Gasteiger partial charge >= 0.3 is 0 Å². The van der Waals surface area contributed by atoms with E-state index in [9.17, 15) is 9.90 Å². The number of aliphatic hydroxyl groups is 1. The lowest BCUT2D eigenvalue weighted by molar-refractivity contribution is -0.140. The SMILES string of the molecule is CC(=O)[C@@]1(Cc2ccccc2)CCC2C3CC=C4C[C@@H](O)CC[C@]4(C)C3CC[C@@]21C. The van der Waals surface area contributed by atoms with Crippen molar-refractivity contribution in [2.75, 3.05) is 0 Å². The first-order valence-corrected chi connectivity index (χ1v) is 12.2. The van der Waals surface area contributed by atoms with Crippen LogP contribution >= 0.6 is 0 Å². The third kappa shape index (κ3) is 2.75. The summed E-state index contributed by atoms with van der Waals surface area (Å²) in [6.07, 6.45) is 12.0. The van der Waals surface area contributed by atoms with Crippen molar-refractivity contribution in [2.24, 2.45) is 34.0 Å². The fraction of sp³-hybridized carbons (Fsp3) is 0.679. The van der Waals surface area contributed by atoms with Crippen LogP contribution in [0.3, 0.4) is 0 Å². The third-order valence-corrected chi connectivity index (χ3v) is 10.5. The Hall–Kier alpha value is -1.41. The summed E-state index contributed by atoms with van der Waals surface area (Å²) >= 11 is 0. The summed E-state index contributed by atoms with van der Waals surface area (Å²) < 4.78 is 0. The van der Waals surface area contributed by atoms with Gasteiger partial charge in [0.2, 0.25) is 0 Å². The molecule has 162 valence electrons. The third-order valence-electron chi connectivity index (χ3n) is 10.5. The number of allylic oxidation sites excluding steroid dienone is 1. The molecule has 0 spiro atoms. The van der Waals surface area contributed by atoms with Gasteiger partial charge < -0.3 is 5.11 Å². The average Bonchev–Trinajstić information content (AvgIpc) is 3.03. The lowest BCUT2D eigenvalue weighted by Gasteiger charge is -2.59. The molecule has 5 rings (SSSR count). The normalized spacial score (nSPS) is 45.1. The predicted octanol–water partition coefficient (Wildman–Crippen LogP) is 6.13. The maximum absolute atomic E-state index is 13.3. The fourth-order valence-electron chi connectivity index (χ4n) is 8.71. The molecule has 0 aromatic heterocycles. The number of hydrogen-bond donors (Lipinski definition) is 1. The molecule has 3 fully saturated rings. The van der Waals surface area contributed by atoms with Gasteiger partial charge in [0.25, 0.3) is 0 Å². The van der Waals surface area contributed by atoms with Crippen LogP contribution in [0.15, 0.2) is 42.0 Å². The zero-order valence-electron chi connectivity index (χ0n) is 19.0. The Kier molecular flexibility index (Phi) is 4.82. The number of carbonyl (C=O) groups excluding carboxylic acids is 1. The number of rotatable bonds is 3. The second-order valence-corrected chi connectivity index (χ2v) is 11.5. The molecule has 0 radical (unpaired) electrons. The highest BCUT2D eigenvalue weighted by Crippen LogP contribution is 2.70. The molecule has 30 heavy (non-hydrogen) atoms. The number of fused-ring (bicyclic) bond motifs is 5. The van der Waals surface area contributed by atoms with Gasteiger partial charge in [-0.1, -0.05) is 55.8 Å². The van der Waals surface area contributed by atoms with Crippen LogP contribution in [-0.4, -0.2) is 17.0 Å². The van der Waals surface area contributed by atoms with Gasteiger partial charge in [0.05, 0.1) is 6.10 Å². The van der Waals surface area contributed by atoms with Gasteiger partial charge in [-0.3, -0.25) is 4.79 Å². The van der Waals surface area contributed by atoms with Crippen molar-refractivity contribution in [3.05, 3.63) is 47.5 Å². The Balaban J connectivity index is 1.50. The molecule has 0 amide bonds. The second-order valence-electron chi connectivity index (χ2n) is 11.5. The van der Waals surface area contributed by atoms with Gasteiger partial charge in [0.15, 0.2) is 0 Å². The van der Waals surface area contributed by atoms with E-state index in [4.69, 9.17) is 0 Å². The Morgan fingerprint density at radius 1 is 1.03 bits per heavy atom. The smallest absolute Gasteiger partial charge is 0.136 e. The molecular formula is C28H38O2. The van der Waals surface area contributed by atoms with Crippen molar-refractivity contribution in [3.8, 4) is 0 Å². The van der Waals surface area contributed by atoms with Crippen molar-refractivity contribution >= 4 is 5.78 Å². The molecule has 3 saturated carbocycles. The molecule has 2 nitrogen and oxygen atoms in total. The Morgan fingerprint density at radius 3 is 2.50 bits per heavy atom. The summed E-state index contributed by atoms with van der Waals surface area (Å²) in [5, 5.41) is 10.2. The first-order chi connectivity index (χ1) is 14.3. The number of Topliss-reactive ketones (excluding diaryl/α,β-unsaturated/α-hetero) is 1. The number of hydrogen-bond acceptors (Lipinski definition) is 2. The van der Waals surface area contributed by atoms with E-state index in [2.05, 4.69) is 50.3 Å². The topological polar surface area (TPSA) is 37.3 Å². The molecule has 0 saturated heterocycles. The highest BCUT2D eigenvalue weighted by atomic mass is 16.3. The molecule has 0 heterocycles. The molecule has 4 aliphatic carbocycles. The molecule has 0 aliphatic heterocycles. The van der Waals surface area contributed by atoms with Crippen LogP contribution < -0.4 is 0 Å². The molecule has 1 aromatic carbocycles. The Labute approximate surface area is 182 Å². The van der Waals surface area contributed by atoms with Gasteiger partial charge in [-0.25, -0.2) is 0 Å². The van der Waals surface area contributed by atoms with Crippen molar-refractivity contribution in [1.82, 2.24) is 0 Å². The lowest BCUT2D eigenvalue weighted by Crippen LogP contribution is -2.54. The van der Waals surface area contributed by atoms with Crippen LogP contribution in [0.2, 0.25) is 0 Å². The van der Waals surface area contributed by atoms with Crippen LogP contribution in [0.4, 0.5) is 0 Å². The standard InChI is InChI=1S/C28H38O2/c1-19(29)28(18-20-7-5-4-6-8-20)16-13-25-23-10-9-21-17-22(30)11-14-26(21,2)24(23)12-15-27(25,28)3/h4-9,22-25,30H,10-18H2,1-3H3/t22-,23?,24?,25?,26-,27-,28-/m0/s1. The molecule has 0 bridgehead atoms. The Bertz CT molecular complexity index is 857. The summed E-state index contributed by atoms with van der Waals surface area (Å²) in [6.45, 7) is 6.82. The van der Waals surface area contributed by atoms with Gasteiger partial charge in [-0.05, 0) is 98.9 Å². The highest BCUT2D eigenvalue weighted by Gasteiger charge is 2.65. The molecule has 1 aromatic rings. The second kappa shape index (κ2) is 7.05. The zero-order valence-corrected chi connectivity index (χ0v) is 19.0. The minimum Gasteiger partial charge on any atom is -0.393 e. The number of carbonyl (C=O) groups is 1. The molecule has 3 unspecified atom stereocenters. The van der Waals surface area contributed by atoms with Crippen molar-refractivity contribution in [1.29, 1.82) is 0 Å². The maximum atomic E-state index is 13.3. The lowest BCUT2D eigenvalue weighted by atomic mass is 9.45. The summed E-state index contributed by atoms with van der Waals surface area (Å²) in [6, 6.07) is 10.7. The van der Waals surface area contributed by atoms with Crippen molar-refractivity contribution in [2.45, 2.75) is 84.7 Å². The van der Waals surface area contributed by atoms with E-state index in [1.54, 1.807) is 0 Å². The Morgan fingerprint density at radius 2 is 1.77 bits per heavy atom. The van der Waals surface area contributed by atoms with Crippen molar-refractivity contribution < 1.29 is 9.90 Å². The number of aliphatic hydroxyl groups excluding tert-OH is 1. The molecular weight excluding hydrogens is 368 g/mol. The van der Waals surface area contributed by atoms with Crippen LogP contribution in [0.25, 0.3) is 0 Å². The summed E-state index contributed by atoms with van der Waals surface area (Å²) in [4.78, 5) is 13.3. The van der Waals surface area contributed by atoms with Crippen LogP contribution in [0.1, 0.15) is 77.7 Å². The minimum absolute atomic E-state index is 0.103. The van der Waals surface area contributed by atoms with Gasteiger partial charge in [-0.2, -0.15) is 0 Å². The summed E-state index contributed by atoms with van der Waals surface area (Å²) in [5.41, 5.74) is 3.01. The van der Waals surface area contributed by atoms with Gasteiger partial charge in [0, 0.05) is 5.41 Å². The van der Waals surface area contributed by atoms with E-state index in [1.807, 2.05) is 6.92 Å². The zero-order chi connectivity index (χ0) is 21.1. The van der Waals surface area contributed by atoms with E-state index < -0.39 is 0 Å². The van der Waals surface area contributed by atoms with E-state index in [-0.39, 0.29) is 22.3 Å². The van der Waals surface area contributed by atoms with E-state index in [0.717, 1.165) is 44.4 Å². The van der Waals surface area contributed by atoms with Gasteiger partial charge in [-0.15, -0.1) is 0 Å². The first-order valence-electron chi connectivity index (χ1n) is 12.2. The highest BCUT2D eigenvalue weighted by molar-refractivity contribution is 5.84. The summed E-state index contributed by atoms with van der Waals surface area (Å²) in [5.74, 6) is 2.48. The van der Waals surface area contributed by atoms with E-state index >= 15 is 0 Å². The maximum Gasteiger partial charge on any atom is 0.136 e. The van der Waals surface area contributed by atoms with E-state index in [0.29, 0.717) is 17.6 Å². The molecule has 1 N–H and O–H groups in total. The number of benzene rings is 1. The molecule has 2 heteroatoms. The van der Waals surface area contributed by atoms with Crippen LogP contribution in [0, 0.1) is 34.0 Å². The van der Waals surface area contributed by atoms with Gasteiger partial charge in [0.1, 0.15) is 5.78 Å². The first kappa shape index (κ1) is 20.5. The van der Waals surface area contributed by atoms with Crippen LogP contribution in [-0.2, 0) is 11.2 Å². The summed E-state index contributed by atoms with van der Waals surface area (Å²) in [7, 11) is 0. The molecule has 4 aliphatic rings. The van der Waals surface area contributed by atoms with E-state index in [1.165, 1.54) is 30.4 Å². The van der Waals surface area contributed by atoms with Crippen LogP contribution in [0.5, 0.6) is 0 Å². The largest absolute Gasteiger partial charge is 0.393 e. The quantitative estimate of drug-likeness (QED) is 0.613. The minimum atomic E-state index is -0.211. The average molecular weight is 407 g/mol. The monoisotopic (exact) mass is 406 g/mol. The fourth-order valence-corrected chi connectivity index (χ4v) is 8.71. The van der Waals surface area contributed by atoms with Crippen molar-refractivity contribution in [3.63, 3.8) is 0 Å². The number of ketones is 1. The molecule has 7 atom stereocenters.